The molecule has 2 bridgehead atoms. The van der Waals surface area contributed by atoms with Crippen LogP contribution < -0.4 is 5.32 Å². The first-order valence-electron chi connectivity index (χ1n) is 3.87. The van der Waals surface area contributed by atoms with E-state index in [0.29, 0.717) is 0 Å². The molecule has 2 heterocycles. The minimum Gasteiger partial charge on any atom is -0.311 e. The van der Waals surface area contributed by atoms with Gasteiger partial charge in [0.2, 0.25) is 0 Å². The van der Waals surface area contributed by atoms with Crippen LogP contribution in [0.3, 0.4) is 0 Å². The molecule has 0 saturated carbocycles. The molecule has 0 aliphatic carbocycles. The predicted molar refractivity (Wildman–Crippen MR) is 37.4 cm³/mol. The Hall–Kier alpha value is -0.0800. The summed E-state index contributed by atoms with van der Waals surface area (Å²) in [4.78, 5) is 2.57. The van der Waals surface area contributed by atoms with Gasteiger partial charge in [-0.05, 0) is 13.0 Å². The van der Waals surface area contributed by atoms with Crippen LogP contribution in [-0.2, 0) is 0 Å². The number of fused-ring (bicyclic) bond motifs is 2. The van der Waals surface area contributed by atoms with Crippen molar-refractivity contribution in [1.82, 2.24) is 10.2 Å². The van der Waals surface area contributed by atoms with Crippen LogP contribution in [0, 0.1) is 0 Å². The number of likely N-dealkylation sites (tertiary alicyclic amines) is 1. The van der Waals surface area contributed by atoms with Crippen molar-refractivity contribution < 1.29 is 0 Å². The van der Waals surface area contributed by atoms with Gasteiger partial charge in [-0.3, -0.25) is 4.90 Å². The van der Waals surface area contributed by atoms with Crippen molar-refractivity contribution in [2.24, 2.45) is 0 Å². The standard InChI is InChI=1S/C7H14N2/c1-2-9-5-6-3-7(9)4-8-6/h6-8H,2-5H2,1H3/t6-,7-/m1/s1. The van der Waals surface area contributed by atoms with Crippen LogP contribution in [0.2, 0.25) is 0 Å². The van der Waals surface area contributed by atoms with Crippen LogP contribution in [0.25, 0.3) is 0 Å². The largest absolute Gasteiger partial charge is 0.311 e. The van der Waals surface area contributed by atoms with E-state index in [9.17, 15) is 0 Å². The summed E-state index contributed by atoms with van der Waals surface area (Å²) in [6, 6.07) is 1.70. The van der Waals surface area contributed by atoms with Gasteiger partial charge in [0, 0.05) is 25.2 Å². The molecule has 2 saturated heterocycles. The van der Waals surface area contributed by atoms with E-state index in [2.05, 4.69) is 17.1 Å². The first kappa shape index (κ1) is 5.69. The Morgan fingerprint density at radius 1 is 1.67 bits per heavy atom. The summed E-state index contributed by atoms with van der Waals surface area (Å²) in [7, 11) is 0. The number of rotatable bonds is 1. The smallest absolute Gasteiger partial charge is 0.0236 e. The number of hydrogen-bond acceptors (Lipinski definition) is 2. The van der Waals surface area contributed by atoms with Crippen LogP contribution in [-0.4, -0.2) is 36.6 Å². The average molecular weight is 126 g/mol. The van der Waals surface area contributed by atoms with Crippen molar-refractivity contribution in [2.45, 2.75) is 25.4 Å². The van der Waals surface area contributed by atoms with Gasteiger partial charge in [-0.25, -0.2) is 0 Å². The number of nitrogens with zero attached hydrogens (tertiary/aromatic N) is 1. The zero-order chi connectivity index (χ0) is 6.27. The van der Waals surface area contributed by atoms with Gasteiger partial charge in [-0.1, -0.05) is 6.92 Å². The molecule has 0 aromatic carbocycles. The second kappa shape index (κ2) is 1.96. The lowest BCUT2D eigenvalue weighted by molar-refractivity contribution is 0.238. The Bertz CT molecular complexity index is 113. The van der Waals surface area contributed by atoms with Crippen molar-refractivity contribution in [2.75, 3.05) is 19.6 Å². The highest BCUT2D eigenvalue weighted by Crippen LogP contribution is 2.21. The van der Waals surface area contributed by atoms with E-state index in [1.165, 1.54) is 26.1 Å². The fourth-order valence-corrected chi connectivity index (χ4v) is 2.03. The summed E-state index contributed by atoms with van der Waals surface area (Å²) in [5.41, 5.74) is 0. The van der Waals surface area contributed by atoms with E-state index < -0.39 is 0 Å². The molecule has 2 aliphatic heterocycles. The van der Waals surface area contributed by atoms with Crippen LogP contribution in [0.15, 0.2) is 0 Å². The molecule has 0 spiro atoms. The third kappa shape index (κ3) is 0.775. The van der Waals surface area contributed by atoms with Crippen LogP contribution >= 0.6 is 0 Å². The van der Waals surface area contributed by atoms with Crippen molar-refractivity contribution in [3.05, 3.63) is 0 Å². The van der Waals surface area contributed by atoms with Gasteiger partial charge in [-0.2, -0.15) is 0 Å². The minimum atomic E-state index is 0.829. The molecule has 2 atom stereocenters. The van der Waals surface area contributed by atoms with Gasteiger partial charge < -0.3 is 5.32 Å². The van der Waals surface area contributed by atoms with Crippen LogP contribution in [0.1, 0.15) is 13.3 Å². The van der Waals surface area contributed by atoms with Gasteiger partial charge in [0.05, 0.1) is 0 Å². The third-order valence-corrected chi connectivity index (χ3v) is 2.58. The number of likely N-dealkylation sites (N-methyl/N-ethyl adjacent to an activating group) is 1. The molecular formula is C7H14N2. The Morgan fingerprint density at radius 3 is 2.89 bits per heavy atom. The van der Waals surface area contributed by atoms with E-state index in [1.54, 1.807) is 0 Å². The van der Waals surface area contributed by atoms with Gasteiger partial charge in [0.1, 0.15) is 0 Å². The number of hydrogen-bond donors (Lipinski definition) is 1. The normalized spacial score (nSPS) is 42.3. The average Bonchev–Trinajstić information content (AvgIpc) is 2.45. The number of nitrogens with one attached hydrogen (secondary N) is 1. The van der Waals surface area contributed by atoms with Crippen molar-refractivity contribution in [1.29, 1.82) is 0 Å². The molecule has 0 aromatic heterocycles. The lowest BCUT2D eigenvalue weighted by atomic mass is 10.2. The maximum Gasteiger partial charge on any atom is 0.0236 e. The highest BCUT2D eigenvalue weighted by atomic mass is 15.3. The maximum absolute atomic E-state index is 3.48. The highest BCUT2D eigenvalue weighted by molar-refractivity contribution is 4.96. The summed E-state index contributed by atoms with van der Waals surface area (Å²) in [5.74, 6) is 0. The molecule has 2 heteroatoms. The quantitative estimate of drug-likeness (QED) is 0.534. The zero-order valence-electron chi connectivity index (χ0n) is 5.93. The topological polar surface area (TPSA) is 15.3 Å². The molecule has 0 amide bonds. The molecule has 1 N–H and O–H groups in total. The fourth-order valence-electron chi connectivity index (χ4n) is 2.03. The summed E-state index contributed by atoms with van der Waals surface area (Å²) in [6.45, 7) is 6.02. The molecule has 2 rings (SSSR count). The Balaban J connectivity index is 2.01. The van der Waals surface area contributed by atoms with E-state index in [0.717, 1.165) is 12.1 Å². The van der Waals surface area contributed by atoms with Crippen molar-refractivity contribution >= 4 is 0 Å². The van der Waals surface area contributed by atoms with Gasteiger partial charge >= 0.3 is 0 Å². The second-order valence-electron chi connectivity index (χ2n) is 3.08. The maximum atomic E-state index is 3.48. The molecule has 0 radical (unpaired) electrons. The Kier molecular flexibility index (Phi) is 1.24. The molecular weight excluding hydrogens is 112 g/mol. The van der Waals surface area contributed by atoms with Crippen LogP contribution in [0.4, 0.5) is 0 Å². The molecule has 0 aromatic rings. The fraction of sp³-hybridized carbons (Fsp3) is 1.00. The van der Waals surface area contributed by atoms with E-state index >= 15 is 0 Å². The monoisotopic (exact) mass is 126 g/mol. The van der Waals surface area contributed by atoms with E-state index in [4.69, 9.17) is 0 Å². The lowest BCUT2D eigenvalue weighted by Crippen LogP contribution is -2.43. The van der Waals surface area contributed by atoms with Gasteiger partial charge in [0.15, 0.2) is 0 Å². The summed E-state index contributed by atoms with van der Waals surface area (Å²) < 4.78 is 0. The second-order valence-corrected chi connectivity index (χ2v) is 3.08. The Labute approximate surface area is 56.2 Å². The lowest BCUT2D eigenvalue weighted by Gasteiger charge is -2.25. The predicted octanol–water partition coefficient (Wildman–Crippen LogP) is 0.0524. The van der Waals surface area contributed by atoms with Crippen molar-refractivity contribution in [3.63, 3.8) is 0 Å². The molecule has 2 aliphatic rings. The van der Waals surface area contributed by atoms with E-state index in [-0.39, 0.29) is 0 Å². The first-order valence-corrected chi connectivity index (χ1v) is 3.87. The first-order chi connectivity index (χ1) is 4.40. The molecule has 52 valence electrons. The highest BCUT2D eigenvalue weighted by Gasteiger charge is 2.35. The summed E-state index contributed by atoms with van der Waals surface area (Å²) >= 11 is 0. The minimum absolute atomic E-state index is 0.829. The van der Waals surface area contributed by atoms with E-state index in [1.807, 2.05) is 0 Å². The van der Waals surface area contributed by atoms with Crippen LogP contribution in [0.5, 0.6) is 0 Å². The SMILES string of the molecule is CCN1C[C@H]2C[C@@H]1CN2. The third-order valence-electron chi connectivity index (χ3n) is 2.58. The number of piperazine rings is 1. The summed E-state index contributed by atoms with van der Waals surface area (Å²) in [6.07, 6.45) is 1.40. The van der Waals surface area contributed by atoms with Crippen molar-refractivity contribution in [3.8, 4) is 0 Å². The molecule has 2 fully saturated rings. The van der Waals surface area contributed by atoms with Gasteiger partial charge in [0.25, 0.3) is 0 Å². The zero-order valence-corrected chi connectivity index (χ0v) is 5.93. The molecule has 2 nitrogen and oxygen atoms in total. The summed E-state index contributed by atoms with van der Waals surface area (Å²) in [5, 5.41) is 3.48. The molecule has 0 unspecified atom stereocenters. The molecule has 9 heavy (non-hydrogen) atoms. The Morgan fingerprint density at radius 2 is 2.56 bits per heavy atom. The van der Waals surface area contributed by atoms with Gasteiger partial charge in [-0.15, -0.1) is 0 Å².